The average molecular weight is 251 g/mol. The molecule has 0 aromatic carbocycles. The van der Waals surface area contributed by atoms with Crippen LogP contribution in [0.2, 0.25) is 0 Å². The van der Waals surface area contributed by atoms with Gasteiger partial charge in [0, 0.05) is 31.5 Å². The molecule has 2 heterocycles. The summed E-state index contributed by atoms with van der Waals surface area (Å²) in [7, 11) is 0. The highest BCUT2D eigenvalue weighted by Gasteiger charge is 2.24. The van der Waals surface area contributed by atoms with E-state index < -0.39 is 0 Å². The molecular formula is C14H25N3O. The number of rotatable bonds is 6. The predicted octanol–water partition coefficient (Wildman–Crippen LogP) is 2.14. The van der Waals surface area contributed by atoms with Gasteiger partial charge >= 0.3 is 0 Å². The number of aromatic amines is 1. The molecule has 0 bridgehead atoms. The molecule has 0 saturated carbocycles. The first-order chi connectivity index (χ1) is 8.75. The van der Waals surface area contributed by atoms with Gasteiger partial charge in [0.05, 0.1) is 6.10 Å². The Kier molecular flexibility index (Phi) is 5.20. The Morgan fingerprint density at radius 2 is 2.44 bits per heavy atom. The van der Waals surface area contributed by atoms with E-state index in [1.807, 2.05) is 12.4 Å². The maximum absolute atomic E-state index is 5.78. The van der Waals surface area contributed by atoms with Crippen molar-refractivity contribution in [3.63, 3.8) is 0 Å². The number of H-pyrrole nitrogens is 1. The Labute approximate surface area is 110 Å². The second-order valence-corrected chi connectivity index (χ2v) is 5.47. The summed E-state index contributed by atoms with van der Waals surface area (Å²) in [6.07, 6.45) is 8.58. The van der Waals surface area contributed by atoms with Gasteiger partial charge < -0.3 is 15.0 Å². The monoisotopic (exact) mass is 251 g/mol. The molecule has 1 aromatic rings. The summed E-state index contributed by atoms with van der Waals surface area (Å²) in [5.74, 6) is 1.71. The van der Waals surface area contributed by atoms with E-state index in [0.29, 0.717) is 18.1 Å². The first kappa shape index (κ1) is 13.6. The van der Waals surface area contributed by atoms with E-state index in [0.717, 1.165) is 44.7 Å². The summed E-state index contributed by atoms with van der Waals surface area (Å²) in [6, 6.07) is 0.628. The Morgan fingerprint density at radius 3 is 3.17 bits per heavy atom. The SMILES string of the molecule is CC(C)C1CC(NCCCc2ncc[nH]2)CCO1. The molecule has 102 valence electrons. The van der Waals surface area contributed by atoms with E-state index in [4.69, 9.17) is 4.74 Å². The largest absolute Gasteiger partial charge is 0.378 e. The molecular weight excluding hydrogens is 226 g/mol. The fraction of sp³-hybridized carbons (Fsp3) is 0.786. The third-order valence-electron chi connectivity index (χ3n) is 3.64. The van der Waals surface area contributed by atoms with Gasteiger partial charge in [-0.1, -0.05) is 13.8 Å². The first-order valence-electron chi connectivity index (χ1n) is 7.09. The second-order valence-electron chi connectivity index (χ2n) is 5.47. The maximum atomic E-state index is 5.78. The number of hydrogen-bond donors (Lipinski definition) is 2. The van der Waals surface area contributed by atoms with Gasteiger partial charge in [-0.05, 0) is 31.7 Å². The van der Waals surface area contributed by atoms with Gasteiger partial charge in [-0.2, -0.15) is 0 Å². The summed E-state index contributed by atoms with van der Waals surface area (Å²) in [6.45, 7) is 6.45. The molecule has 4 heteroatoms. The lowest BCUT2D eigenvalue weighted by atomic mass is 9.95. The second kappa shape index (κ2) is 6.90. The molecule has 18 heavy (non-hydrogen) atoms. The van der Waals surface area contributed by atoms with Crippen LogP contribution in [-0.2, 0) is 11.2 Å². The lowest BCUT2D eigenvalue weighted by Gasteiger charge is -2.32. The van der Waals surface area contributed by atoms with Crippen LogP contribution in [0.5, 0.6) is 0 Å². The number of nitrogens with one attached hydrogen (secondary N) is 2. The van der Waals surface area contributed by atoms with Gasteiger partial charge in [0.2, 0.25) is 0 Å². The van der Waals surface area contributed by atoms with Crippen LogP contribution < -0.4 is 5.32 Å². The summed E-state index contributed by atoms with van der Waals surface area (Å²) in [5.41, 5.74) is 0. The number of imidazole rings is 1. The van der Waals surface area contributed by atoms with Crippen molar-refractivity contribution in [3.05, 3.63) is 18.2 Å². The normalized spacial score (nSPS) is 24.6. The van der Waals surface area contributed by atoms with Crippen LogP contribution in [0.15, 0.2) is 12.4 Å². The molecule has 1 saturated heterocycles. The van der Waals surface area contributed by atoms with Crippen LogP contribution in [0.1, 0.15) is 38.9 Å². The fourth-order valence-electron chi connectivity index (χ4n) is 2.47. The maximum Gasteiger partial charge on any atom is 0.106 e. The van der Waals surface area contributed by atoms with Crippen LogP contribution in [0.25, 0.3) is 0 Å². The highest BCUT2D eigenvalue weighted by molar-refractivity contribution is 4.87. The number of hydrogen-bond acceptors (Lipinski definition) is 3. The average Bonchev–Trinajstić information content (AvgIpc) is 2.88. The van der Waals surface area contributed by atoms with Crippen molar-refractivity contribution < 1.29 is 4.74 Å². The Bertz CT molecular complexity index is 324. The molecule has 1 aliphatic heterocycles. The Balaban J connectivity index is 1.61. The van der Waals surface area contributed by atoms with Crippen LogP contribution in [0.4, 0.5) is 0 Å². The highest BCUT2D eigenvalue weighted by atomic mass is 16.5. The minimum absolute atomic E-state index is 0.432. The van der Waals surface area contributed by atoms with Crippen molar-refractivity contribution in [1.82, 2.24) is 15.3 Å². The summed E-state index contributed by atoms with van der Waals surface area (Å²) in [4.78, 5) is 7.37. The summed E-state index contributed by atoms with van der Waals surface area (Å²) >= 11 is 0. The fourth-order valence-corrected chi connectivity index (χ4v) is 2.47. The summed E-state index contributed by atoms with van der Waals surface area (Å²) in [5, 5.41) is 3.65. The molecule has 4 nitrogen and oxygen atoms in total. The van der Waals surface area contributed by atoms with Crippen LogP contribution in [-0.4, -0.2) is 35.3 Å². The molecule has 2 atom stereocenters. The van der Waals surface area contributed by atoms with Crippen molar-refractivity contribution in [1.29, 1.82) is 0 Å². The topological polar surface area (TPSA) is 49.9 Å². The molecule has 0 spiro atoms. The lowest BCUT2D eigenvalue weighted by molar-refractivity contribution is -0.0242. The van der Waals surface area contributed by atoms with Crippen molar-refractivity contribution in [2.75, 3.05) is 13.2 Å². The van der Waals surface area contributed by atoms with Crippen LogP contribution >= 0.6 is 0 Å². The Hall–Kier alpha value is -0.870. The van der Waals surface area contributed by atoms with Crippen molar-refractivity contribution in [2.45, 2.75) is 51.7 Å². The quantitative estimate of drug-likeness (QED) is 0.762. The molecule has 1 fully saturated rings. The van der Waals surface area contributed by atoms with Gasteiger partial charge in [0.25, 0.3) is 0 Å². The van der Waals surface area contributed by atoms with Crippen molar-refractivity contribution in [3.8, 4) is 0 Å². The minimum Gasteiger partial charge on any atom is -0.378 e. The zero-order valence-corrected chi connectivity index (χ0v) is 11.5. The van der Waals surface area contributed by atoms with E-state index in [-0.39, 0.29) is 0 Å². The molecule has 0 aliphatic carbocycles. The minimum atomic E-state index is 0.432. The standard InChI is InChI=1S/C14H25N3O/c1-11(2)13-10-12(5-9-18-13)15-6-3-4-14-16-7-8-17-14/h7-8,11-13,15H,3-6,9-10H2,1-2H3,(H,16,17). The van der Waals surface area contributed by atoms with Crippen molar-refractivity contribution in [2.24, 2.45) is 5.92 Å². The van der Waals surface area contributed by atoms with E-state index in [1.165, 1.54) is 0 Å². The van der Waals surface area contributed by atoms with Gasteiger partial charge in [0.1, 0.15) is 5.82 Å². The van der Waals surface area contributed by atoms with Crippen LogP contribution in [0, 0.1) is 5.92 Å². The zero-order chi connectivity index (χ0) is 12.8. The van der Waals surface area contributed by atoms with Gasteiger partial charge in [-0.3, -0.25) is 0 Å². The van der Waals surface area contributed by atoms with Crippen molar-refractivity contribution >= 4 is 0 Å². The van der Waals surface area contributed by atoms with Gasteiger partial charge in [-0.25, -0.2) is 4.98 Å². The predicted molar refractivity (Wildman–Crippen MR) is 72.5 cm³/mol. The number of aromatic nitrogens is 2. The Morgan fingerprint density at radius 1 is 1.56 bits per heavy atom. The molecule has 1 aliphatic rings. The molecule has 2 unspecified atom stereocenters. The van der Waals surface area contributed by atoms with E-state index in [1.54, 1.807) is 0 Å². The molecule has 2 N–H and O–H groups in total. The number of nitrogens with zero attached hydrogens (tertiary/aromatic N) is 1. The van der Waals surface area contributed by atoms with E-state index in [2.05, 4.69) is 29.1 Å². The van der Waals surface area contributed by atoms with E-state index in [9.17, 15) is 0 Å². The lowest BCUT2D eigenvalue weighted by Crippen LogP contribution is -2.41. The van der Waals surface area contributed by atoms with Gasteiger partial charge in [-0.15, -0.1) is 0 Å². The molecule has 0 amide bonds. The zero-order valence-electron chi connectivity index (χ0n) is 11.5. The molecule has 1 aromatic heterocycles. The molecule has 2 rings (SSSR count). The summed E-state index contributed by atoms with van der Waals surface area (Å²) < 4.78 is 5.78. The van der Waals surface area contributed by atoms with Gasteiger partial charge in [0.15, 0.2) is 0 Å². The third-order valence-corrected chi connectivity index (χ3v) is 3.64. The highest BCUT2D eigenvalue weighted by Crippen LogP contribution is 2.20. The van der Waals surface area contributed by atoms with Crippen LogP contribution in [0.3, 0.4) is 0 Å². The number of ether oxygens (including phenoxy) is 1. The third kappa shape index (κ3) is 4.10. The first-order valence-corrected chi connectivity index (χ1v) is 7.09. The number of aryl methyl sites for hydroxylation is 1. The van der Waals surface area contributed by atoms with E-state index >= 15 is 0 Å². The smallest absolute Gasteiger partial charge is 0.106 e. The molecule has 0 radical (unpaired) electrons.